The number of likely N-dealkylation sites (tertiary alicyclic amines) is 1. The van der Waals surface area contributed by atoms with E-state index in [1.165, 1.54) is 11.1 Å². The van der Waals surface area contributed by atoms with Crippen LogP contribution in [0.25, 0.3) is 0 Å². The van der Waals surface area contributed by atoms with Crippen LogP contribution in [0.15, 0.2) is 36.4 Å². The maximum absolute atomic E-state index is 13.1. The van der Waals surface area contributed by atoms with Crippen LogP contribution in [-0.2, 0) is 24.1 Å². The molecule has 3 aliphatic heterocycles. The van der Waals surface area contributed by atoms with Crippen molar-refractivity contribution in [3.8, 4) is 5.88 Å². The molecular weight excluding hydrogens is 456 g/mol. The summed E-state index contributed by atoms with van der Waals surface area (Å²) < 4.78 is 11.3. The number of carbonyl (C=O) groups is 1. The lowest BCUT2D eigenvalue weighted by atomic mass is 9.99. The van der Waals surface area contributed by atoms with E-state index in [0.29, 0.717) is 37.5 Å². The highest BCUT2D eigenvalue weighted by Gasteiger charge is 2.29. The van der Waals surface area contributed by atoms with E-state index in [4.69, 9.17) is 9.47 Å². The van der Waals surface area contributed by atoms with Gasteiger partial charge in [-0.2, -0.15) is 0 Å². The third-order valence-corrected chi connectivity index (χ3v) is 7.63. The zero-order valence-electron chi connectivity index (χ0n) is 21.3. The lowest BCUT2D eigenvalue weighted by molar-refractivity contribution is 0.0489. The smallest absolute Gasteiger partial charge is 0.255 e. The molecule has 1 aromatic heterocycles. The van der Waals surface area contributed by atoms with Crippen LogP contribution in [-0.4, -0.2) is 102 Å². The van der Waals surface area contributed by atoms with Gasteiger partial charge in [-0.25, -0.2) is 4.98 Å². The number of benzene rings is 1. The second-order valence-electron chi connectivity index (χ2n) is 10.2. The predicted molar refractivity (Wildman–Crippen MR) is 137 cm³/mol. The van der Waals surface area contributed by atoms with E-state index < -0.39 is 6.10 Å². The predicted octanol–water partition coefficient (Wildman–Crippen LogP) is 1.99. The average Bonchev–Trinajstić information content (AvgIpc) is 2.90. The van der Waals surface area contributed by atoms with Crippen LogP contribution < -0.4 is 4.74 Å². The van der Waals surface area contributed by atoms with Gasteiger partial charge in [0.05, 0.1) is 24.0 Å². The van der Waals surface area contributed by atoms with E-state index >= 15 is 0 Å². The number of β-amino-alcohol motifs (C(OH)–C–C–N with tert-alkyl or cyclic N) is 1. The Hall–Kier alpha value is -2.52. The van der Waals surface area contributed by atoms with Gasteiger partial charge in [0, 0.05) is 72.0 Å². The number of aromatic nitrogens is 1. The fourth-order valence-corrected chi connectivity index (χ4v) is 5.58. The molecule has 36 heavy (non-hydrogen) atoms. The van der Waals surface area contributed by atoms with E-state index in [0.717, 1.165) is 64.3 Å². The van der Waals surface area contributed by atoms with E-state index in [1.54, 1.807) is 12.0 Å². The van der Waals surface area contributed by atoms with Gasteiger partial charge in [0.25, 0.3) is 5.91 Å². The molecular formula is C28H38N4O4. The molecule has 0 bridgehead atoms. The number of methoxy groups -OCH3 is 1. The summed E-state index contributed by atoms with van der Waals surface area (Å²) in [6.45, 7) is 6.98. The number of carbonyl (C=O) groups excluding carboxylic acids is 1. The number of piperidine rings is 1. The topological polar surface area (TPSA) is 78.4 Å². The minimum Gasteiger partial charge on any atom is -0.474 e. The van der Waals surface area contributed by atoms with Crippen molar-refractivity contribution >= 4 is 5.91 Å². The largest absolute Gasteiger partial charge is 0.474 e. The standard InChI is InChI=1S/C28H38N4O4/c1-35-17-16-30-13-9-24(10-14-30)36-27-7-6-25-26(29-27)11-15-32(28(25)34)20-23(33)19-31-12-8-21-4-2-3-5-22(21)18-31/h2-7,23-24,33H,8-20H2,1H3/t23-/m1/s1. The molecule has 4 heterocycles. The van der Waals surface area contributed by atoms with Crippen molar-refractivity contribution < 1.29 is 19.4 Å². The number of aliphatic hydroxyl groups is 1. The highest BCUT2D eigenvalue weighted by Crippen LogP contribution is 2.24. The monoisotopic (exact) mass is 494 g/mol. The Labute approximate surface area is 213 Å². The molecule has 3 aliphatic rings. The number of aliphatic hydroxyl groups excluding tert-OH is 1. The van der Waals surface area contributed by atoms with Gasteiger partial charge >= 0.3 is 0 Å². The summed E-state index contributed by atoms with van der Waals surface area (Å²) in [5.74, 6) is 0.556. The second kappa shape index (κ2) is 11.7. The number of rotatable bonds is 9. The van der Waals surface area contributed by atoms with Gasteiger partial charge in [-0.05, 0) is 36.5 Å². The molecule has 1 N–H and O–H groups in total. The SMILES string of the molecule is COCCN1CCC(Oc2ccc3c(n2)CCN(C[C@H](O)CN2CCc4ccccc4C2)C3=O)CC1. The molecule has 0 unspecified atom stereocenters. The fraction of sp³-hybridized carbons (Fsp3) is 0.571. The number of nitrogens with zero attached hydrogens (tertiary/aromatic N) is 4. The highest BCUT2D eigenvalue weighted by atomic mass is 16.5. The third-order valence-electron chi connectivity index (χ3n) is 7.63. The van der Waals surface area contributed by atoms with Gasteiger partial charge in [0.2, 0.25) is 5.88 Å². The third kappa shape index (κ3) is 6.06. The van der Waals surface area contributed by atoms with Gasteiger partial charge in [-0.15, -0.1) is 0 Å². The van der Waals surface area contributed by atoms with E-state index in [-0.39, 0.29) is 12.0 Å². The molecule has 0 spiro atoms. The molecule has 5 rings (SSSR count). The minimum atomic E-state index is -0.578. The van der Waals surface area contributed by atoms with Gasteiger partial charge in [0.1, 0.15) is 6.10 Å². The quantitative estimate of drug-likeness (QED) is 0.571. The van der Waals surface area contributed by atoms with Crippen LogP contribution in [0.3, 0.4) is 0 Å². The number of ether oxygens (including phenoxy) is 2. The molecule has 8 nitrogen and oxygen atoms in total. The van der Waals surface area contributed by atoms with Crippen molar-refractivity contribution in [3.05, 3.63) is 58.8 Å². The summed E-state index contributed by atoms with van der Waals surface area (Å²) in [6.07, 6.45) is 3.19. The second-order valence-corrected chi connectivity index (χ2v) is 10.2. The summed E-state index contributed by atoms with van der Waals surface area (Å²) in [5.41, 5.74) is 4.16. The number of pyridine rings is 1. The van der Waals surface area contributed by atoms with E-state index in [9.17, 15) is 9.90 Å². The van der Waals surface area contributed by atoms with Crippen molar-refractivity contribution in [2.24, 2.45) is 0 Å². The molecule has 1 saturated heterocycles. The maximum atomic E-state index is 13.1. The van der Waals surface area contributed by atoms with Crippen LogP contribution in [0.4, 0.5) is 0 Å². The summed E-state index contributed by atoms with van der Waals surface area (Å²) in [5, 5.41) is 10.8. The van der Waals surface area contributed by atoms with Crippen LogP contribution >= 0.6 is 0 Å². The number of amides is 1. The molecule has 0 radical (unpaired) electrons. The van der Waals surface area contributed by atoms with Gasteiger partial charge in [-0.1, -0.05) is 24.3 Å². The summed E-state index contributed by atoms with van der Waals surface area (Å²) in [6, 6.07) is 12.2. The molecule has 0 aliphatic carbocycles. The summed E-state index contributed by atoms with van der Waals surface area (Å²) >= 11 is 0. The highest BCUT2D eigenvalue weighted by molar-refractivity contribution is 5.96. The first-order valence-electron chi connectivity index (χ1n) is 13.2. The Morgan fingerprint density at radius 3 is 2.61 bits per heavy atom. The Balaban J connectivity index is 1.11. The van der Waals surface area contributed by atoms with Crippen LogP contribution in [0.5, 0.6) is 5.88 Å². The fourth-order valence-electron chi connectivity index (χ4n) is 5.58. The summed E-state index contributed by atoms with van der Waals surface area (Å²) in [4.78, 5) is 24.3. The first-order chi connectivity index (χ1) is 17.6. The first kappa shape index (κ1) is 25.1. The van der Waals surface area contributed by atoms with E-state index in [2.05, 4.69) is 39.0 Å². The molecule has 1 aromatic carbocycles. The van der Waals surface area contributed by atoms with Crippen molar-refractivity contribution in [3.63, 3.8) is 0 Å². The van der Waals surface area contributed by atoms with Gasteiger partial charge in [-0.3, -0.25) is 9.69 Å². The minimum absolute atomic E-state index is 0.0511. The van der Waals surface area contributed by atoms with Crippen LogP contribution in [0.2, 0.25) is 0 Å². The molecule has 1 amide bonds. The van der Waals surface area contributed by atoms with Gasteiger partial charge < -0.3 is 24.4 Å². The van der Waals surface area contributed by atoms with Crippen molar-refractivity contribution in [2.75, 3.05) is 59.5 Å². The molecule has 194 valence electrons. The number of hydrogen-bond donors (Lipinski definition) is 1. The molecule has 2 aromatic rings. The average molecular weight is 495 g/mol. The first-order valence-corrected chi connectivity index (χ1v) is 13.2. The molecule has 1 atom stereocenters. The van der Waals surface area contributed by atoms with Crippen molar-refractivity contribution in [2.45, 2.75) is 44.4 Å². The number of fused-ring (bicyclic) bond motifs is 2. The van der Waals surface area contributed by atoms with Crippen LogP contribution in [0, 0.1) is 0 Å². The normalized spacial score (nSPS) is 20.2. The van der Waals surface area contributed by atoms with Crippen molar-refractivity contribution in [1.82, 2.24) is 19.7 Å². The zero-order chi connectivity index (χ0) is 24.9. The van der Waals surface area contributed by atoms with Crippen LogP contribution in [0.1, 0.15) is 40.0 Å². The molecule has 8 heteroatoms. The maximum Gasteiger partial charge on any atom is 0.255 e. The number of hydrogen-bond acceptors (Lipinski definition) is 7. The Bertz CT molecular complexity index is 1040. The zero-order valence-corrected chi connectivity index (χ0v) is 21.3. The van der Waals surface area contributed by atoms with Gasteiger partial charge in [0.15, 0.2) is 0 Å². The Kier molecular flexibility index (Phi) is 8.16. The van der Waals surface area contributed by atoms with Crippen molar-refractivity contribution in [1.29, 1.82) is 0 Å². The summed E-state index contributed by atoms with van der Waals surface area (Å²) in [7, 11) is 1.73. The lowest BCUT2D eigenvalue weighted by Gasteiger charge is -2.34. The lowest BCUT2D eigenvalue weighted by Crippen LogP contribution is -2.46. The van der Waals surface area contributed by atoms with E-state index in [1.807, 2.05) is 12.1 Å². The molecule has 1 fully saturated rings. The molecule has 0 saturated carbocycles. The Morgan fingerprint density at radius 1 is 1.00 bits per heavy atom. The Morgan fingerprint density at radius 2 is 1.81 bits per heavy atom.